The van der Waals surface area contributed by atoms with Gasteiger partial charge in [-0.05, 0) is 24.3 Å². The van der Waals surface area contributed by atoms with Crippen LogP contribution in [0.5, 0.6) is 5.88 Å². The van der Waals surface area contributed by atoms with Gasteiger partial charge in [0.15, 0.2) is 9.84 Å². The highest BCUT2D eigenvalue weighted by Crippen LogP contribution is 2.23. The molecule has 2 rings (SSSR count). The van der Waals surface area contributed by atoms with Crippen molar-refractivity contribution >= 4 is 21.4 Å². The molecule has 0 atom stereocenters. The molecule has 0 fully saturated rings. The predicted molar refractivity (Wildman–Crippen MR) is 82.9 cm³/mol. The minimum atomic E-state index is -3.49. The normalized spacial score (nSPS) is 11.0. The molecule has 1 aromatic carbocycles. The molecule has 1 heterocycles. The standard InChI is InChI=1S/C15H16N2O4S/c1-3-22(19,20)13-9-5-4-7-11(13)14(18)17-12-8-6-10-16-15(12)21-2/h4-10H,3H2,1-2H3,(H,17,18). The number of aromatic nitrogens is 1. The zero-order chi connectivity index (χ0) is 16.2. The summed E-state index contributed by atoms with van der Waals surface area (Å²) in [5.41, 5.74) is 0.467. The molecular formula is C15H16N2O4S. The first kappa shape index (κ1) is 16.0. The van der Waals surface area contributed by atoms with E-state index in [2.05, 4.69) is 10.3 Å². The Labute approximate surface area is 129 Å². The second-order valence-corrected chi connectivity index (χ2v) is 6.66. The summed E-state index contributed by atoms with van der Waals surface area (Å²) in [6.07, 6.45) is 1.53. The van der Waals surface area contributed by atoms with E-state index in [-0.39, 0.29) is 22.1 Å². The molecule has 2 aromatic rings. The van der Waals surface area contributed by atoms with Crippen molar-refractivity contribution in [2.75, 3.05) is 18.2 Å². The number of benzene rings is 1. The van der Waals surface area contributed by atoms with E-state index in [4.69, 9.17) is 4.74 Å². The molecule has 0 aliphatic heterocycles. The smallest absolute Gasteiger partial charge is 0.257 e. The number of amides is 1. The van der Waals surface area contributed by atoms with Gasteiger partial charge in [0.1, 0.15) is 5.69 Å². The number of hydrogen-bond acceptors (Lipinski definition) is 5. The third-order valence-electron chi connectivity index (χ3n) is 3.06. The number of ether oxygens (including phenoxy) is 1. The van der Waals surface area contributed by atoms with Crippen LogP contribution < -0.4 is 10.1 Å². The Bertz CT molecular complexity index is 788. The van der Waals surface area contributed by atoms with Crippen LogP contribution in [0.3, 0.4) is 0 Å². The van der Waals surface area contributed by atoms with E-state index in [0.717, 1.165) is 0 Å². The highest BCUT2D eigenvalue weighted by molar-refractivity contribution is 7.91. The third-order valence-corrected chi connectivity index (χ3v) is 4.85. The van der Waals surface area contributed by atoms with Crippen LogP contribution in [0.25, 0.3) is 0 Å². The van der Waals surface area contributed by atoms with Crippen LogP contribution in [-0.2, 0) is 9.84 Å². The van der Waals surface area contributed by atoms with Gasteiger partial charge in [-0.15, -0.1) is 0 Å². The minimum absolute atomic E-state index is 0.0119. The fourth-order valence-electron chi connectivity index (χ4n) is 1.92. The molecule has 7 heteroatoms. The van der Waals surface area contributed by atoms with Crippen molar-refractivity contribution in [1.29, 1.82) is 0 Å². The molecule has 0 aliphatic rings. The Balaban J connectivity index is 2.39. The molecular weight excluding hydrogens is 304 g/mol. The van der Waals surface area contributed by atoms with Gasteiger partial charge in [0, 0.05) is 6.20 Å². The molecule has 116 valence electrons. The molecule has 1 amide bonds. The summed E-state index contributed by atoms with van der Waals surface area (Å²) in [6.45, 7) is 1.54. The lowest BCUT2D eigenvalue weighted by Gasteiger charge is -2.11. The van der Waals surface area contributed by atoms with Crippen molar-refractivity contribution < 1.29 is 17.9 Å². The zero-order valence-corrected chi connectivity index (χ0v) is 13.1. The van der Waals surface area contributed by atoms with Crippen molar-refractivity contribution in [3.8, 4) is 5.88 Å². The van der Waals surface area contributed by atoms with E-state index in [9.17, 15) is 13.2 Å². The maximum atomic E-state index is 12.4. The average Bonchev–Trinajstić information content (AvgIpc) is 2.55. The number of nitrogens with one attached hydrogen (secondary N) is 1. The molecule has 0 aliphatic carbocycles. The first-order valence-electron chi connectivity index (χ1n) is 6.61. The Kier molecular flexibility index (Phi) is 4.77. The van der Waals surface area contributed by atoms with E-state index in [1.165, 1.54) is 32.4 Å². The van der Waals surface area contributed by atoms with Gasteiger partial charge in [-0.25, -0.2) is 13.4 Å². The van der Waals surface area contributed by atoms with Gasteiger partial charge < -0.3 is 10.1 Å². The maximum absolute atomic E-state index is 12.4. The van der Waals surface area contributed by atoms with Gasteiger partial charge in [0.25, 0.3) is 5.91 Å². The number of nitrogens with zero attached hydrogens (tertiary/aromatic N) is 1. The SMILES string of the molecule is CCS(=O)(=O)c1ccccc1C(=O)Nc1cccnc1OC. The summed E-state index contributed by atoms with van der Waals surface area (Å²) in [4.78, 5) is 16.4. The van der Waals surface area contributed by atoms with Crippen molar-refractivity contribution in [1.82, 2.24) is 4.98 Å². The topological polar surface area (TPSA) is 85.4 Å². The van der Waals surface area contributed by atoms with Gasteiger partial charge in [-0.2, -0.15) is 0 Å². The number of carbonyl (C=O) groups is 1. The molecule has 0 bridgehead atoms. The summed E-state index contributed by atoms with van der Waals surface area (Å²) in [7, 11) is -2.05. The summed E-state index contributed by atoms with van der Waals surface area (Å²) >= 11 is 0. The van der Waals surface area contributed by atoms with E-state index in [0.29, 0.717) is 5.69 Å². The largest absolute Gasteiger partial charge is 0.480 e. The number of rotatable bonds is 5. The monoisotopic (exact) mass is 320 g/mol. The fraction of sp³-hybridized carbons (Fsp3) is 0.200. The first-order chi connectivity index (χ1) is 10.5. The summed E-state index contributed by atoms with van der Waals surface area (Å²) in [5, 5.41) is 2.62. The van der Waals surface area contributed by atoms with Crippen LogP contribution in [0.2, 0.25) is 0 Å². The Morgan fingerprint density at radius 2 is 1.95 bits per heavy atom. The summed E-state index contributed by atoms with van der Waals surface area (Å²) in [6, 6.07) is 9.37. The van der Waals surface area contributed by atoms with Crippen molar-refractivity contribution in [3.63, 3.8) is 0 Å². The number of methoxy groups -OCH3 is 1. The second kappa shape index (κ2) is 6.57. The molecule has 0 saturated carbocycles. The summed E-state index contributed by atoms with van der Waals surface area (Å²) in [5.74, 6) is -0.348. The minimum Gasteiger partial charge on any atom is -0.480 e. The number of pyridine rings is 1. The van der Waals surface area contributed by atoms with Crippen LogP contribution in [0.4, 0.5) is 5.69 Å². The molecule has 22 heavy (non-hydrogen) atoms. The van der Waals surface area contributed by atoms with E-state index >= 15 is 0 Å². The van der Waals surface area contributed by atoms with Gasteiger partial charge in [0.05, 0.1) is 23.3 Å². The third kappa shape index (κ3) is 3.25. The summed E-state index contributed by atoms with van der Waals surface area (Å²) < 4.78 is 29.2. The van der Waals surface area contributed by atoms with Gasteiger partial charge in [-0.1, -0.05) is 19.1 Å². The quantitative estimate of drug-likeness (QED) is 0.912. The lowest BCUT2D eigenvalue weighted by molar-refractivity contribution is 0.102. The molecule has 1 N–H and O–H groups in total. The molecule has 0 unspecified atom stereocenters. The lowest BCUT2D eigenvalue weighted by Crippen LogP contribution is -2.17. The highest BCUT2D eigenvalue weighted by Gasteiger charge is 2.21. The maximum Gasteiger partial charge on any atom is 0.257 e. The van der Waals surface area contributed by atoms with Crippen LogP contribution >= 0.6 is 0 Å². The van der Waals surface area contributed by atoms with Crippen LogP contribution in [0.1, 0.15) is 17.3 Å². The fourth-order valence-corrected chi connectivity index (χ4v) is 3.01. The molecule has 1 aromatic heterocycles. The van der Waals surface area contributed by atoms with Crippen molar-refractivity contribution in [2.45, 2.75) is 11.8 Å². The van der Waals surface area contributed by atoms with Crippen LogP contribution in [0.15, 0.2) is 47.5 Å². The van der Waals surface area contributed by atoms with Crippen LogP contribution in [-0.4, -0.2) is 32.2 Å². The number of carbonyl (C=O) groups excluding carboxylic acids is 1. The lowest BCUT2D eigenvalue weighted by atomic mass is 10.2. The highest BCUT2D eigenvalue weighted by atomic mass is 32.2. The number of sulfone groups is 1. The molecule has 6 nitrogen and oxygen atoms in total. The second-order valence-electron chi connectivity index (χ2n) is 4.41. The number of anilines is 1. The Morgan fingerprint density at radius 1 is 1.23 bits per heavy atom. The van der Waals surface area contributed by atoms with Crippen LogP contribution in [0, 0.1) is 0 Å². The van der Waals surface area contributed by atoms with Gasteiger partial charge in [-0.3, -0.25) is 4.79 Å². The van der Waals surface area contributed by atoms with Crippen molar-refractivity contribution in [3.05, 3.63) is 48.2 Å². The molecule has 0 radical (unpaired) electrons. The molecule has 0 saturated heterocycles. The average molecular weight is 320 g/mol. The zero-order valence-electron chi connectivity index (χ0n) is 12.2. The predicted octanol–water partition coefficient (Wildman–Crippen LogP) is 2.14. The van der Waals surface area contributed by atoms with Crippen molar-refractivity contribution in [2.24, 2.45) is 0 Å². The van der Waals surface area contributed by atoms with E-state index < -0.39 is 15.7 Å². The Hall–Kier alpha value is -2.41. The Morgan fingerprint density at radius 3 is 2.64 bits per heavy atom. The van der Waals surface area contributed by atoms with E-state index in [1.807, 2.05) is 0 Å². The first-order valence-corrected chi connectivity index (χ1v) is 8.27. The molecule has 0 spiro atoms. The van der Waals surface area contributed by atoms with E-state index in [1.54, 1.807) is 24.3 Å². The number of hydrogen-bond donors (Lipinski definition) is 1. The van der Waals surface area contributed by atoms with Gasteiger partial charge in [0.2, 0.25) is 5.88 Å². The van der Waals surface area contributed by atoms with Gasteiger partial charge >= 0.3 is 0 Å².